The Morgan fingerprint density at radius 2 is 2.07 bits per heavy atom. The van der Waals surface area contributed by atoms with E-state index in [1.807, 2.05) is 0 Å². The van der Waals surface area contributed by atoms with Crippen LogP contribution >= 0.6 is 15.9 Å². The topological polar surface area (TPSA) is 101 Å². The molecule has 1 heterocycles. The third-order valence-electron chi connectivity index (χ3n) is 4.34. The number of hydrogen-bond acceptors (Lipinski definition) is 5. The minimum Gasteiger partial charge on any atom is -0.375 e. The smallest absolute Gasteiger partial charge is 0.270 e. The predicted molar refractivity (Wildman–Crippen MR) is 101 cm³/mol. The van der Waals surface area contributed by atoms with Gasteiger partial charge in [-0.05, 0) is 18.2 Å². The maximum Gasteiger partial charge on any atom is 0.270 e. The van der Waals surface area contributed by atoms with Crippen molar-refractivity contribution in [3.63, 3.8) is 0 Å². The number of non-ortho nitro benzene ring substituents is 1. The molecule has 2 aromatic rings. The van der Waals surface area contributed by atoms with E-state index in [1.54, 1.807) is 18.2 Å². The summed E-state index contributed by atoms with van der Waals surface area (Å²) < 4.78 is 0.623. The van der Waals surface area contributed by atoms with Gasteiger partial charge in [-0.3, -0.25) is 24.6 Å². The monoisotopic (exact) mass is 428 g/mol. The molecule has 0 bridgehead atoms. The first-order valence-electron chi connectivity index (χ1n) is 7.83. The number of aliphatic hydroxyl groups is 1. The van der Waals surface area contributed by atoms with Gasteiger partial charge >= 0.3 is 0 Å². The summed E-state index contributed by atoms with van der Waals surface area (Å²) in [6.45, 7) is -0.0548. The Bertz CT molecular complexity index is 1010. The lowest BCUT2D eigenvalue weighted by atomic mass is 9.88. The molecule has 0 saturated carbocycles. The van der Waals surface area contributed by atoms with Crippen molar-refractivity contribution in [1.29, 1.82) is 0 Å². The summed E-state index contributed by atoms with van der Waals surface area (Å²) >= 11 is 3.29. The molecule has 3 rings (SSSR count). The lowest BCUT2D eigenvalue weighted by Crippen LogP contribution is -2.42. The molecule has 1 amide bonds. The molecule has 0 saturated heterocycles. The van der Waals surface area contributed by atoms with Crippen LogP contribution in [-0.2, 0) is 10.4 Å². The molecular formula is C19H13BrN2O5. The second kappa shape index (κ2) is 6.95. The SMILES string of the molecule is C#CCN1C(=O)[C@](O)(CC(=O)c2cccc([N+](=O)[O-])c2)c2cc(Br)ccc21. The van der Waals surface area contributed by atoms with Gasteiger partial charge in [0.25, 0.3) is 11.6 Å². The van der Waals surface area contributed by atoms with Crippen LogP contribution in [0.1, 0.15) is 22.3 Å². The van der Waals surface area contributed by atoms with Crippen LogP contribution in [0.25, 0.3) is 0 Å². The van der Waals surface area contributed by atoms with Crippen molar-refractivity contribution in [2.24, 2.45) is 0 Å². The molecule has 8 heteroatoms. The Morgan fingerprint density at radius 1 is 1.33 bits per heavy atom. The Labute approximate surface area is 162 Å². The van der Waals surface area contributed by atoms with Crippen LogP contribution in [0, 0.1) is 22.5 Å². The third-order valence-corrected chi connectivity index (χ3v) is 4.83. The average molecular weight is 429 g/mol. The predicted octanol–water partition coefficient (Wildman–Crippen LogP) is 2.80. The fourth-order valence-electron chi connectivity index (χ4n) is 3.07. The van der Waals surface area contributed by atoms with Crippen LogP contribution in [0.4, 0.5) is 11.4 Å². The van der Waals surface area contributed by atoms with Crippen molar-refractivity contribution in [2.45, 2.75) is 12.0 Å². The van der Waals surface area contributed by atoms with E-state index < -0.39 is 28.6 Å². The van der Waals surface area contributed by atoms with Gasteiger partial charge in [0, 0.05) is 27.7 Å². The lowest BCUT2D eigenvalue weighted by Gasteiger charge is -2.21. The summed E-state index contributed by atoms with van der Waals surface area (Å²) in [7, 11) is 0. The highest BCUT2D eigenvalue weighted by Crippen LogP contribution is 2.44. The summed E-state index contributed by atoms with van der Waals surface area (Å²) in [6, 6.07) is 10.0. The molecule has 1 aliphatic heterocycles. The van der Waals surface area contributed by atoms with Crippen LogP contribution in [-0.4, -0.2) is 28.3 Å². The normalized spacial score (nSPS) is 18.1. The highest BCUT2D eigenvalue weighted by atomic mass is 79.9. The number of anilines is 1. The molecule has 1 atom stereocenters. The lowest BCUT2D eigenvalue weighted by molar-refractivity contribution is -0.384. The number of nitro groups is 1. The number of amides is 1. The van der Waals surface area contributed by atoms with Crippen molar-refractivity contribution in [3.05, 3.63) is 68.2 Å². The molecule has 0 unspecified atom stereocenters. The number of fused-ring (bicyclic) bond motifs is 1. The minimum absolute atomic E-state index is 0.0392. The highest BCUT2D eigenvalue weighted by Gasteiger charge is 2.50. The maximum atomic E-state index is 12.8. The summed E-state index contributed by atoms with van der Waals surface area (Å²) in [5.41, 5.74) is -1.62. The standard InChI is InChI=1S/C19H13BrN2O5/c1-2-8-21-16-7-6-13(20)10-15(16)19(25,18(21)24)11-17(23)12-4-3-5-14(9-12)22(26)27/h1,3-7,9-10,25H,8,11H2/t19-/m0/s1. The second-order valence-electron chi connectivity index (χ2n) is 6.02. The number of benzene rings is 2. The molecule has 0 aliphatic carbocycles. The Hall–Kier alpha value is -3.02. The number of ketones is 1. The Kier molecular flexibility index (Phi) is 4.83. The van der Waals surface area contributed by atoms with Crippen LogP contribution in [0.2, 0.25) is 0 Å². The van der Waals surface area contributed by atoms with E-state index >= 15 is 0 Å². The number of halogens is 1. The molecule has 0 radical (unpaired) electrons. The summed E-state index contributed by atoms with van der Waals surface area (Å²) in [5.74, 6) is 1.06. The van der Waals surface area contributed by atoms with Crippen LogP contribution in [0.3, 0.4) is 0 Å². The number of rotatable bonds is 5. The highest BCUT2D eigenvalue weighted by molar-refractivity contribution is 9.10. The van der Waals surface area contributed by atoms with Crippen LogP contribution in [0.5, 0.6) is 0 Å². The molecule has 2 aromatic carbocycles. The second-order valence-corrected chi connectivity index (χ2v) is 6.94. The molecule has 7 nitrogen and oxygen atoms in total. The van der Waals surface area contributed by atoms with Crippen LogP contribution in [0.15, 0.2) is 46.9 Å². The summed E-state index contributed by atoms with van der Waals surface area (Å²) in [6.07, 6.45) is 4.76. The number of nitro benzene ring substituents is 1. The number of terminal acetylenes is 1. The number of hydrogen-bond donors (Lipinski definition) is 1. The first-order valence-corrected chi connectivity index (χ1v) is 8.62. The van der Waals surface area contributed by atoms with Crippen molar-refractivity contribution in [3.8, 4) is 12.3 Å². The summed E-state index contributed by atoms with van der Waals surface area (Å²) in [5, 5.41) is 22.0. The third kappa shape index (κ3) is 3.23. The fraction of sp³-hybridized carbons (Fsp3) is 0.158. The number of carbonyl (C=O) groups excluding carboxylic acids is 2. The van der Waals surface area contributed by atoms with Crippen LogP contribution < -0.4 is 4.90 Å². The first-order chi connectivity index (χ1) is 12.8. The number of nitrogens with zero attached hydrogens (tertiary/aromatic N) is 2. The van der Waals surface area contributed by atoms with Gasteiger partial charge in [-0.25, -0.2) is 0 Å². The van der Waals surface area contributed by atoms with E-state index in [-0.39, 0.29) is 23.4 Å². The van der Waals surface area contributed by atoms with Crippen molar-refractivity contribution >= 4 is 39.0 Å². The Morgan fingerprint density at radius 3 is 2.74 bits per heavy atom. The summed E-state index contributed by atoms with van der Waals surface area (Å²) in [4.78, 5) is 37.0. The minimum atomic E-state index is -2.10. The van der Waals surface area contributed by atoms with E-state index in [2.05, 4.69) is 21.9 Å². The van der Waals surface area contributed by atoms with E-state index in [0.29, 0.717) is 10.2 Å². The van der Waals surface area contributed by atoms with Gasteiger partial charge in [0.05, 0.1) is 23.6 Å². The molecular weight excluding hydrogens is 416 g/mol. The van der Waals surface area contributed by atoms with Gasteiger partial charge in [0.15, 0.2) is 11.4 Å². The Balaban J connectivity index is 2.01. The molecule has 1 aliphatic rings. The van der Waals surface area contributed by atoms with E-state index in [9.17, 15) is 24.8 Å². The van der Waals surface area contributed by atoms with Gasteiger partial charge in [-0.1, -0.05) is 34.0 Å². The molecule has 1 N–H and O–H groups in total. The average Bonchev–Trinajstić information content (AvgIpc) is 2.84. The van der Waals surface area contributed by atoms with Gasteiger partial charge in [-0.15, -0.1) is 6.42 Å². The van der Waals surface area contributed by atoms with Crippen molar-refractivity contribution < 1.29 is 19.6 Å². The van der Waals surface area contributed by atoms with Crippen molar-refractivity contribution in [2.75, 3.05) is 11.4 Å². The van der Waals surface area contributed by atoms with Gasteiger partial charge in [-0.2, -0.15) is 0 Å². The molecule has 0 aromatic heterocycles. The number of Topliss-reactive ketones (excluding diaryl/α,β-unsaturated/α-hetero) is 1. The molecule has 0 fully saturated rings. The van der Waals surface area contributed by atoms with Gasteiger partial charge < -0.3 is 5.11 Å². The largest absolute Gasteiger partial charge is 0.375 e. The van der Waals surface area contributed by atoms with E-state index in [4.69, 9.17) is 6.42 Å². The zero-order valence-electron chi connectivity index (χ0n) is 13.9. The molecule has 136 valence electrons. The van der Waals surface area contributed by atoms with E-state index in [1.165, 1.54) is 23.1 Å². The first kappa shape index (κ1) is 18.8. The maximum absolute atomic E-state index is 12.8. The van der Waals surface area contributed by atoms with Gasteiger partial charge in [0.2, 0.25) is 0 Å². The van der Waals surface area contributed by atoms with E-state index in [0.717, 1.165) is 6.07 Å². The fourth-order valence-corrected chi connectivity index (χ4v) is 3.43. The zero-order valence-corrected chi connectivity index (χ0v) is 15.5. The molecule has 0 spiro atoms. The number of carbonyl (C=O) groups is 2. The van der Waals surface area contributed by atoms with Gasteiger partial charge in [0.1, 0.15) is 0 Å². The molecule has 27 heavy (non-hydrogen) atoms. The quantitative estimate of drug-likeness (QED) is 0.341. The zero-order chi connectivity index (χ0) is 19.8. The van der Waals surface area contributed by atoms with Crippen molar-refractivity contribution in [1.82, 2.24) is 0 Å².